The van der Waals surface area contributed by atoms with E-state index in [1.807, 2.05) is 14.1 Å². The van der Waals surface area contributed by atoms with Crippen LogP contribution in [-0.2, 0) is 0 Å². The molecule has 114 valence electrons. The maximum atomic E-state index is 12.2. The van der Waals surface area contributed by atoms with Crippen LogP contribution in [0.25, 0.3) is 0 Å². The number of benzene rings is 1. The number of hydrogen-bond donors (Lipinski definition) is 1. The van der Waals surface area contributed by atoms with Crippen molar-refractivity contribution in [2.24, 2.45) is 0 Å². The molecule has 1 amide bonds. The summed E-state index contributed by atoms with van der Waals surface area (Å²) < 4.78 is 0. The zero-order chi connectivity index (χ0) is 15.6. The Balaban J connectivity index is 2.11. The summed E-state index contributed by atoms with van der Waals surface area (Å²) >= 11 is 5.95. The number of hydrogen-bond acceptors (Lipinski definition) is 4. The Kier molecular flexibility index (Phi) is 4.49. The second-order valence-corrected chi connectivity index (χ2v) is 5.93. The minimum Gasteiger partial charge on any atom is -0.350 e. The van der Waals surface area contributed by atoms with Crippen molar-refractivity contribution in [2.45, 2.75) is 24.8 Å². The maximum absolute atomic E-state index is 12.2. The lowest BCUT2D eigenvalue weighted by Crippen LogP contribution is -2.57. The Labute approximate surface area is 128 Å². The van der Waals surface area contributed by atoms with E-state index in [0.29, 0.717) is 6.54 Å². The van der Waals surface area contributed by atoms with Crippen molar-refractivity contribution in [3.8, 4) is 0 Å². The van der Waals surface area contributed by atoms with Crippen molar-refractivity contribution in [2.75, 3.05) is 20.6 Å². The Morgan fingerprint density at radius 1 is 1.48 bits per heavy atom. The first-order valence-corrected chi connectivity index (χ1v) is 7.14. The molecule has 7 heteroatoms. The van der Waals surface area contributed by atoms with Crippen LogP contribution in [0.3, 0.4) is 0 Å². The van der Waals surface area contributed by atoms with E-state index in [9.17, 15) is 14.9 Å². The van der Waals surface area contributed by atoms with Crippen molar-refractivity contribution >= 4 is 23.2 Å². The van der Waals surface area contributed by atoms with E-state index >= 15 is 0 Å². The first kappa shape index (κ1) is 15.7. The SMILES string of the molecule is CN(C)C1(CNC(=O)c2cccc([N+](=O)[O-])c2Cl)CCC1. The van der Waals surface area contributed by atoms with E-state index in [1.165, 1.54) is 18.2 Å². The highest BCUT2D eigenvalue weighted by Crippen LogP contribution is 2.35. The van der Waals surface area contributed by atoms with Crippen molar-refractivity contribution in [1.29, 1.82) is 0 Å². The van der Waals surface area contributed by atoms with Gasteiger partial charge in [0.05, 0.1) is 10.5 Å². The molecule has 1 aromatic rings. The molecule has 0 bridgehead atoms. The smallest absolute Gasteiger partial charge is 0.288 e. The lowest BCUT2D eigenvalue weighted by Gasteiger charge is -2.47. The molecule has 0 radical (unpaired) electrons. The zero-order valence-corrected chi connectivity index (χ0v) is 12.8. The van der Waals surface area contributed by atoms with E-state index in [0.717, 1.165) is 19.3 Å². The van der Waals surface area contributed by atoms with Crippen LogP contribution < -0.4 is 5.32 Å². The topological polar surface area (TPSA) is 75.5 Å². The molecule has 1 aliphatic carbocycles. The van der Waals surface area contributed by atoms with E-state index in [1.54, 1.807) is 0 Å². The van der Waals surface area contributed by atoms with E-state index < -0.39 is 4.92 Å². The molecular formula is C14H18ClN3O3. The lowest BCUT2D eigenvalue weighted by molar-refractivity contribution is -0.384. The molecule has 6 nitrogen and oxygen atoms in total. The van der Waals surface area contributed by atoms with Crippen LogP contribution in [0.5, 0.6) is 0 Å². The highest BCUT2D eigenvalue weighted by Gasteiger charge is 2.39. The molecule has 21 heavy (non-hydrogen) atoms. The van der Waals surface area contributed by atoms with Crippen molar-refractivity contribution < 1.29 is 9.72 Å². The fraction of sp³-hybridized carbons (Fsp3) is 0.500. The molecular weight excluding hydrogens is 294 g/mol. The number of nitrogens with zero attached hydrogens (tertiary/aromatic N) is 2. The standard InChI is InChI=1S/C14H18ClN3O3/c1-17(2)14(7-4-8-14)9-16-13(19)10-5-3-6-11(12(10)15)18(20)21/h3,5-6H,4,7-9H2,1-2H3,(H,16,19). The Morgan fingerprint density at radius 2 is 2.14 bits per heavy atom. The van der Waals surface area contributed by atoms with Crippen LogP contribution in [-0.4, -0.2) is 41.9 Å². The van der Waals surface area contributed by atoms with Gasteiger partial charge >= 0.3 is 0 Å². The molecule has 1 saturated carbocycles. The number of rotatable bonds is 5. The van der Waals surface area contributed by atoms with Crippen molar-refractivity contribution in [1.82, 2.24) is 10.2 Å². The van der Waals surface area contributed by atoms with Gasteiger partial charge in [0.2, 0.25) is 0 Å². The number of likely N-dealkylation sites (N-methyl/N-ethyl adjacent to an activating group) is 1. The molecule has 0 saturated heterocycles. The number of nitro benzene ring substituents is 1. The summed E-state index contributed by atoms with van der Waals surface area (Å²) in [4.78, 5) is 24.6. The summed E-state index contributed by atoms with van der Waals surface area (Å²) in [5.41, 5.74) is -0.127. The van der Waals surface area contributed by atoms with Gasteiger partial charge in [-0.1, -0.05) is 17.7 Å². The number of amides is 1. The highest BCUT2D eigenvalue weighted by atomic mass is 35.5. The molecule has 1 fully saturated rings. The third kappa shape index (κ3) is 3.01. The lowest BCUT2D eigenvalue weighted by atomic mass is 9.75. The number of carbonyl (C=O) groups excluding carboxylic acids is 1. The fourth-order valence-corrected chi connectivity index (χ4v) is 2.82. The largest absolute Gasteiger partial charge is 0.350 e. The van der Waals surface area contributed by atoms with Crippen LogP contribution in [0.1, 0.15) is 29.6 Å². The summed E-state index contributed by atoms with van der Waals surface area (Å²) in [5.74, 6) is -0.378. The van der Waals surface area contributed by atoms with Gasteiger partial charge in [-0.05, 0) is 39.4 Å². The van der Waals surface area contributed by atoms with Gasteiger partial charge in [0.1, 0.15) is 5.02 Å². The normalized spacial score (nSPS) is 16.4. The van der Waals surface area contributed by atoms with Gasteiger partial charge in [-0.15, -0.1) is 0 Å². The third-order valence-electron chi connectivity index (χ3n) is 4.23. The monoisotopic (exact) mass is 311 g/mol. The minimum atomic E-state index is -0.591. The first-order chi connectivity index (χ1) is 9.87. The predicted octanol–water partition coefficient (Wildman–Crippen LogP) is 2.46. The van der Waals surface area contributed by atoms with Crippen molar-refractivity contribution in [3.05, 3.63) is 38.9 Å². The molecule has 1 aliphatic rings. The van der Waals surface area contributed by atoms with E-state index in [4.69, 9.17) is 11.6 Å². The quantitative estimate of drug-likeness (QED) is 0.669. The first-order valence-electron chi connectivity index (χ1n) is 6.76. The number of nitrogens with one attached hydrogen (secondary N) is 1. The molecule has 0 spiro atoms. The second-order valence-electron chi connectivity index (χ2n) is 5.55. The van der Waals surface area contributed by atoms with Crippen LogP contribution in [0.4, 0.5) is 5.69 Å². The van der Waals surface area contributed by atoms with E-state index in [2.05, 4.69) is 10.2 Å². The summed E-state index contributed by atoms with van der Waals surface area (Å²) in [7, 11) is 3.98. The second kappa shape index (κ2) is 5.99. The van der Waals surface area contributed by atoms with Crippen LogP contribution in [0.2, 0.25) is 5.02 Å². The molecule has 1 N–H and O–H groups in total. The Bertz CT molecular complexity index is 571. The highest BCUT2D eigenvalue weighted by molar-refractivity contribution is 6.35. The number of halogens is 1. The van der Waals surface area contributed by atoms with E-state index in [-0.39, 0.29) is 27.7 Å². The van der Waals surface area contributed by atoms with Gasteiger partial charge < -0.3 is 10.2 Å². The van der Waals surface area contributed by atoms with Gasteiger partial charge in [-0.25, -0.2) is 0 Å². The van der Waals surface area contributed by atoms with Gasteiger partial charge in [0, 0.05) is 18.2 Å². The summed E-state index contributed by atoms with van der Waals surface area (Å²) in [6, 6.07) is 4.24. The summed E-state index contributed by atoms with van der Waals surface area (Å²) in [6.07, 6.45) is 3.21. The van der Waals surface area contributed by atoms with Crippen LogP contribution in [0.15, 0.2) is 18.2 Å². The third-order valence-corrected chi connectivity index (χ3v) is 4.63. The predicted molar refractivity (Wildman–Crippen MR) is 80.7 cm³/mol. The molecule has 0 aromatic heterocycles. The number of nitro groups is 1. The average molecular weight is 312 g/mol. The molecule has 0 atom stereocenters. The molecule has 0 aliphatic heterocycles. The van der Waals surface area contributed by atoms with Gasteiger partial charge in [-0.3, -0.25) is 14.9 Å². The average Bonchev–Trinajstić information content (AvgIpc) is 2.36. The molecule has 2 rings (SSSR count). The fourth-order valence-electron chi connectivity index (χ4n) is 2.54. The zero-order valence-electron chi connectivity index (χ0n) is 12.1. The van der Waals surface area contributed by atoms with Crippen molar-refractivity contribution in [3.63, 3.8) is 0 Å². The van der Waals surface area contributed by atoms with Gasteiger partial charge in [0.25, 0.3) is 11.6 Å². The maximum Gasteiger partial charge on any atom is 0.288 e. The molecule has 0 unspecified atom stereocenters. The Hall–Kier alpha value is -1.66. The van der Waals surface area contributed by atoms with Crippen LogP contribution >= 0.6 is 11.6 Å². The molecule has 0 heterocycles. The molecule has 1 aromatic carbocycles. The van der Waals surface area contributed by atoms with Gasteiger partial charge in [-0.2, -0.15) is 0 Å². The van der Waals surface area contributed by atoms with Gasteiger partial charge in [0.15, 0.2) is 0 Å². The summed E-state index contributed by atoms with van der Waals surface area (Å²) in [5, 5.41) is 13.6. The van der Waals surface area contributed by atoms with Crippen LogP contribution in [0, 0.1) is 10.1 Å². The number of carbonyl (C=O) groups is 1. The minimum absolute atomic E-state index is 0.0111. The summed E-state index contributed by atoms with van der Waals surface area (Å²) in [6.45, 7) is 0.512. The Morgan fingerprint density at radius 3 is 2.62 bits per heavy atom.